The lowest BCUT2D eigenvalue weighted by molar-refractivity contribution is -0.116. The highest BCUT2D eigenvalue weighted by Crippen LogP contribution is 2.19. The number of carbonyl (C=O) groups is 1. The lowest BCUT2D eigenvalue weighted by Crippen LogP contribution is -2.24. The number of amides is 1. The predicted molar refractivity (Wildman–Crippen MR) is 102 cm³/mol. The zero-order valence-corrected chi connectivity index (χ0v) is 15.7. The largest absolute Gasteiger partial charge is 0.330 e. The number of anilines is 1. The molecule has 0 aliphatic rings. The molecule has 3 heterocycles. The van der Waals surface area contributed by atoms with Crippen molar-refractivity contribution in [2.75, 3.05) is 5.32 Å². The first-order chi connectivity index (χ1) is 12.8. The fourth-order valence-corrected chi connectivity index (χ4v) is 3.80. The third-order valence-corrected chi connectivity index (χ3v) is 5.14. The molecule has 0 unspecified atom stereocenters. The van der Waals surface area contributed by atoms with Crippen LogP contribution >= 0.6 is 11.3 Å². The van der Waals surface area contributed by atoms with E-state index >= 15 is 0 Å². The maximum Gasteiger partial charge on any atom is 0.299 e. The second kappa shape index (κ2) is 6.27. The van der Waals surface area contributed by atoms with Crippen molar-refractivity contribution in [3.63, 3.8) is 0 Å². The van der Waals surface area contributed by atoms with E-state index in [-0.39, 0.29) is 23.8 Å². The second-order valence-electron chi connectivity index (χ2n) is 6.35. The van der Waals surface area contributed by atoms with E-state index in [1.807, 2.05) is 6.92 Å². The van der Waals surface area contributed by atoms with Crippen LogP contribution in [0.15, 0.2) is 29.1 Å². The summed E-state index contributed by atoms with van der Waals surface area (Å²) in [5, 5.41) is 7.69. The summed E-state index contributed by atoms with van der Waals surface area (Å²) in [5.41, 5.74) is 2.46. The first-order valence-electron chi connectivity index (χ1n) is 8.26. The Kier molecular flexibility index (Phi) is 4.03. The van der Waals surface area contributed by atoms with Crippen molar-refractivity contribution >= 4 is 38.9 Å². The number of fused-ring (bicyclic) bond motifs is 2. The fourth-order valence-electron chi connectivity index (χ4n) is 3.06. The Labute approximate surface area is 157 Å². The van der Waals surface area contributed by atoms with Crippen LogP contribution in [0.1, 0.15) is 16.3 Å². The quantitative estimate of drug-likeness (QED) is 0.588. The summed E-state index contributed by atoms with van der Waals surface area (Å²) < 4.78 is 16.1. The molecule has 7 nitrogen and oxygen atoms in total. The molecular formula is C18H16FN5O2S. The molecule has 0 aliphatic heterocycles. The zero-order valence-electron chi connectivity index (χ0n) is 14.9. The summed E-state index contributed by atoms with van der Waals surface area (Å²) in [6.07, 6.45) is 0. The van der Waals surface area contributed by atoms with Gasteiger partial charge in [-0.15, -0.1) is 0 Å². The Morgan fingerprint density at radius 3 is 2.78 bits per heavy atom. The van der Waals surface area contributed by atoms with Crippen molar-refractivity contribution in [3.05, 3.63) is 56.7 Å². The van der Waals surface area contributed by atoms with Crippen molar-refractivity contribution in [2.45, 2.75) is 27.3 Å². The molecule has 9 heteroatoms. The van der Waals surface area contributed by atoms with E-state index in [1.54, 1.807) is 24.5 Å². The van der Waals surface area contributed by atoms with Gasteiger partial charge in [-0.25, -0.2) is 9.37 Å². The summed E-state index contributed by atoms with van der Waals surface area (Å²) in [6, 6.07) is 5.93. The van der Waals surface area contributed by atoms with Gasteiger partial charge < -0.3 is 9.88 Å². The van der Waals surface area contributed by atoms with Crippen LogP contribution in [-0.4, -0.2) is 25.1 Å². The Bertz CT molecular complexity index is 1270. The highest BCUT2D eigenvalue weighted by atomic mass is 32.1. The van der Waals surface area contributed by atoms with Crippen LogP contribution in [0.2, 0.25) is 0 Å². The molecule has 1 amide bonds. The maximum atomic E-state index is 13.2. The van der Waals surface area contributed by atoms with Crippen molar-refractivity contribution in [3.8, 4) is 0 Å². The van der Waals surface area contributed by atoms with Gasteiger partial charge in [-0.05, 0) is 50.6 Å². The third kappa shape index (κ3) is 2.99. The number of rotatable bonds is 3. The number of halogens is 1. The van der Waals surface area contributed by atoms with Crippen molar-refractivity contribution < 1.29 is 9.18 Å². The second-order valence-corrected chi connectivity index (χ2v) is 7.51. The van der Waals surface area contributed by atoms with E-state index < -0.39 is 0 Å². The van der Waals surface area contributed by atoms with Gasteiger partial charge in [-0.1, -0.05) is 11.3 Å². The minimum absolute atomic E-state index is 0.0573. The Balaban J connectivity index is 1.72. The lowest BCUT2D eigenvalue weighted by Gasteiger charge is -2.11. The monoisotopic (exact) mass is 385 g/mol. The molecule has 0 fully saturated rings. The number of aryl methyl sites for hydroxylation is 3. The highest BCUT2D eigenvalue weighted by molar-refractivity contribution is 7.16. The average Bonchev–Trinajstić information content (AvgIpc) is 3.10. The summed E-state index contributed by atoms with van der Waals surface area (Å²) in [6.45, 7) is 5.28. The molecule has 0 saturated heterocycles. The molecule has 0 spiro atoms. The number of hydrogen-bond acceptors (Lipinski definition) is 5. The van der Waals surface area contributed by atoms with Crippen LogP contribution in [0.5, 0.6) is 0 Å². The van der Waals surface area contributed by atoms with Crippen LogP contribution in [0.3, 0.4) is 0 Å². The molecule has 1 aromatic carbocycles. The number of carbonyl (C=O) groups excluding carboxylic acids is 1. The third-order valence-electron chi connectivity index (χ3n) is 4.32. The minimum atomic E-state index is -0.362. The zero-order chi connectivity index (χ0) is 19.3. The number of nitrogens with one attached hydrogen (secondary N) is 1. The van der Waals surface area contributed by atoms with E-state index in [0.29, 0.717) is 27.2 Å². The molecule has 0 aliphatic carbocycles. The standard InChI is InChI=1S/C18H16FN5O2S/c1-9-6-12(19)4-5-13(9)20-15(25)8-23-10(2)7-14-16(23)17(26)24-18(21-14)27-11(3)22-24/h4-7H,8H2,1-3H3,(H,20,25). The molecule has 4 rings (SSSR count). The van der Waals surface area contributed by atoms with Crippen LogP contribution < -0.4 is 10.9 Å². The number of benzene rings is 1. The summed E-state index contributed by atoms with van der Waals surface area (Å²) in [4.78, 5) is 30.4. The SMILES string of the molecule is Cc1nn2c(=O)c3c(cc(C)n3CC(=O)Nc3ccc(F)cc3C)nc2s1. The van der Waals surface area contributed by atoms with E-state index in [1.165, 1.54) is 34.1 Å². The normalized spacial score (nSPS) is 11.4. The van der Waals surface area contributed by atoms with Crippen molar-refractivity contribution in [1.29, 1.82) is 0 Å². The minimum Gasteiger partial charge on any atom is -0.330 e. The Morgan fingerprint density at radius 1 is 1.26 bits per heavy atom. The van der Waals surface area contributed by atoms with Gasteiger partial charge in [-0.3, -0.25) is 9.59 Å². The maximum absolute atomic E-state index is 13.2. The highest BCUT2D eigenvalue weighted by Gasteiger charge is 2.17. The Hall–Kier alpha value is -3.07. The molecule has 27 heavy (non-hydrogen) atoms. The van der Waals surface area contributed by atoms with Gasteiger partial charge in [-0.2, -0.15) is 9.61 Å². The fraction of sp³-hybridized carbons (Fsp3) is 0.222. The van der Waals surface area contributed by atoms with E-state index in [2.05, 4.69) is 15.4 Å². The van der Waals surface area contributed by atoms with Gasteiger partial charge in [0.1, 0.15) is 22.9 Å². The van der Waals surface area contributed by atoms with Crippen LogP contribution in [0.4, 0.5) is 10.1 Å². The number of aromatic nitrogens is 4. The summed E-state index contributed by atoms with van der Waals surface area (Å²) in [7, 11) is 0. The van der Waals surface area contributed by atoms with Gasteiger partial charge in [0.15, 0.2) is 0 Å². The molecule has 0 atom stereocenters. The topological polar surface area (TPSA) is 81.3 Å². The van der Waals surface area contributed by atoms with Crippen molar-refractivity contribution in [2.24, 2.45) is 0 Å². The molecule has 4 aromatic rings. The van der Waals surface area contributed by atoms with Crippen LogP contribution in [0, 0.1) is 26.6 Å². The molecule has 1 N–H and O–H groups in total. The molecular weight excluding hydrogens is 369 g/mol. The van der Waals surface area contributed by atoms with Gasteiger partial charge in [0, 0.05) is 11.4 Å². The van der Waals surface area contributed by atoms with E-state index in [4.69, 9.17) is 0 Å². The van der Waals surface area contributed by atoms with Crippen LogP contribution in [0.25, 0.3) is 16.0 Å². The summed E-state index contributed by atoms with van der Waals surface area (Å²) in [5.74, 6) is -0.677. The van der Waals surface area contributed by atoms with Gasteiger partial charge in [0.25, 0.3) is 5.56 Å². The van der Waals surface area contributed by atoms with Crippen LogP contribution in [-0.2, 0) is 11.3 Å². The van der Waals surface area contributed by atoms with Gasteiger partial charge in [0.2, 0.25) is 10.9 Å². The smallest absolute Gasteiger partial charge is 0.299 e. The molecule has 138 valence electrons. The number of hydrogen-bond donors (Lipinski definition) is 1. The van der Waals surface area contributed by atoms with Crippen molar-refractivity contribution in [1.82, 2.24) is 19.2 Å². The van der Waals surface area contributed by atoms with Gasteiger partial charge in [0.05, 0.1) is 5.52 Å². The predicted octanol–water partition coefficient (Wildman–Crippen LogP) is 2.81. The van der Waals surface area contributed by atoms with E-state index in [0.717, 1.165) is 10.7 Å². The molecule has 0 saturated carbocycles. The average molecular weight is 385 g/mol. The molecule has 0 bridgehead atoms. The first kappa shape index (κ1) is 17.3. The molecule has 3 aromatic heterocycles. The first-order valence-corrected chi connectivity index (χ1v) is 9.07. The summed E-state index contributed by atoms with van der Waals surface area (Å²) >= 11 is 1.34. The van der Waals surface area contributed by atoms with E-state index in [9.17, 15) is 14.0 Å². The lowest BCUT2D eigenvalue weighted by atomic mass is 10.2. The Morgan fingerprint density at radius 2 is 2.04 bits per heavy atom. The molecule has 0 radical (unpaired) electrons. The number of nitrogens with zero attached hydrogens (tertiary/aromatic N) is 4. The van der Waals surface area contributed by atoms with Gasteiger partial charge >= 0.3 is 0 Å².